The molecule has 0 spiro atoms. The van der Waals surface area contributed by atoms with E-state index in [1.165, 1.54) is 6.07 Å². The quantitative estimate of drug-likeness (QED) is 0.666. The molecule has 114 valence electrons. The summed E-state index contributed by atoms with van der Waals surface area (Å²) in [6.07, 6.45) is 0.792. The Labute approximate surface area is 123 Å². The zero-order valence-electron chi connectivity index (χ0n) is 12.2. The van der Waals surface area contributed by atoms with Gasteiger partial charge in [0.05, 0.1) is 10.8 Å². The maximum Gasteiger partial charge on any atom is 0.308 e. The lowest BCUT2D eigenvalue weighted by atomic mass is 9.99. The Morgan fingerprint density at radius 2 is 2.24 bits per heavy atom. The van der Waals surface area contributed by atoms with Gasteiger partial charge in [-0.2, -0.15) is 0 Å². The van der Waals surface area contributed by atoms with E-state index >= 15 is 0 Å². The number of aliphatic carboxylic acids is 1. The van der Waals surface area contributed by atoms with Gasteiger partial charge in [0.25, 0.3) is 5.69 Å². The number of carboxylic acid groups (broad SMARTS) is 1. The van der Waals surface area contributed by atoms with Gasteiger partial charge in [-0.15, -0.1) is 0 Å². The molecule has 1 fully saturated rings. The highest BCUT2D eigenvalue weighted by Crippen LogP contribution is 2.34. The summed E-state index contributed by atoms with van der Waals surface area (Å²) >= 11 is 0. The Kier molecular flexibility index (Phi) is 4.57. The second-order valence-electron chi connectivity index (χ2n) is 5.65. The molecule has 0 radical (unpaired) electrons. The fourth-order valence-electron chi connectivity index (χ4n) is 3.13. The fraction of sp³-hybridized carbons (Fsp3) is 0.533. The second kappa shape index (κ2) is 6.22. The van der Waals surface area contributed by atoms with Crippen LogP contribution >= 0.6 is 0 Å². The highest BCUT2D eigenvalue weighted by molar-refractivity contribution is 5.71. The van der Waals surface area contributed by atoms with Gasteiger partial charge in [-0.25, -0.2) is 0 Å². The molecule has 1 aliphatic heterocycles. The van der Waals surface area contributed by atoms with E-state index in [9.17, 15) is 20.0 Å². The van der Waals surface area contributed by atoms with Gasteiger partial charge in [0.1, 0.15) is 0 Å². The molecule has 1 aromatic rings. The van der Waals surface area contributed by atoms with E-state index in [1.807, 2.05) is 19.9 Å². The molecule has 0 aliphatic carbocycles. The Balaban J connectivity index is 2.23. The topological polar surface area (TPSA) is 83.7 Å². The average Bonchev–Trinajstić information content (AvgIpc) is 2.82. The largest absolute Gasteiger partial charge is 0.481 e. The predicted molar refractivity (Wildman–Crippen MR) is 78.0 cm³/mol. The lowest BCUT2D eigenvalue weighted by Crippen LogP contribution is -2.27. The van der Waals surface area contributed by atoms with Crippen molar-refractivity contribution in [3.8, 4) is 0 Å². The van der Waals surface area contributed by atoms with Crippen LogP contribution in [-0.2, 0) is 4.79 Å². The minimum Gasteiger partial charge on any atom is -0.481 e. The highest BCUT2D eigenvalue weighted by atomic mass is 16.6. The zero-order valence-corrected chi connectivity index (χ0v) is 12.2. The highest BCUT2D eigenvalue weighted by Gasteiger charge is 2.37. The number of rotatable bonds is 5. The third kappa shape index (κ3) is 3.21. The van der Waals surface area contributed by atoms with Crippen LogP contribution in [0.15, 0.2) is 24.3 Å². The van der Waals surface area contributed by atoms with E-state index in [0.29, 0.717) is 13.1 Å². The molecule has 1 N–H and O–H groups in total. The molecule has 1 heterocycles. The molecule has 0 bridgehead atoms. The van der Waals surface area contributed by atoms with Gasteiger partial charge in [0.15, 0.2) is 0 Å². The van der Waals surface area contributed by atoms with Crippen LogP contribution in [0.4, 0.5) is 5.69 Å². The number of non-ortho nitro benzene ring substituents is 1. The number of nitrogens with zero attached hydrogens (tertiary/aromatic N) is 2. The average molecular weight is 292 g/mol. The van der Waals surface area contributed by atoms with Crippen LogP contribution < -0.4 is 0 Å². The molecule has 3 atom stereocenters. The third-order valence-electron chi connectivity index (χ3n) is 4.25. The first-order valence-corrected chi connectivity index (χ1v) is 7.15. The maximum atomic E-state index is 11.2. The number of carbonyl (C=O) groups is 1. The van der Waals surface area contributed by atoms with Crippen LogP contribution in [0, 0.1) is 22.0 Å². The van der Waals surface area contributed by atoms with Gasteiger partial charge in [0, 0.05) is 31.3 Å². The van der Waals surface area contributed by atoms with Gasteiger partial charge in [-0.1, -0.05) is 26.0 Å². The Morgan fingerprint density at radius 3 is 2.76 bits per heavy atom. The van der Waals surface area contributed by atoms with Crippen molar-refractivity contribution in [3.05, 3.63) is 39.9 Å². The minimum absolute atomic E-state index is 0.0247. The minimum atomic E-state index is -0.765. The Hall–Kier alpha value is -1.95. The number of nitro groups is 1. The van der Waals surface area contributed by atoms with Gasteiger partial charge >= 0.3 is 5.97 Å². The van der Waals surface area contributed by atoms with Crippen molar-refractivity contribution >= 4 is 11.7 Å². The van der Waals surface area contributed by atoms with Gasteiger partial charge in [-0.05, 0) is 17.9 Å². The van der Waals surface area contributed by atoms with E-state index in [4.69, 9.17) is 0 Å². The summed E-state index contributed by atoms with van der Waals surface area (Å²) < 4.78 is 0. The summed E-state index contributed by atoms with van der Waals surface area (Å²) in [4.78, 5) is 23.9. The summed E-state index contributed by atoms with van der Waals surface area (Å²) in [5, 5.41) is 20.1. The number of carboxylic acids is 1. The summed E-state index contributed by atoms with van der Waals surface area (Å²) in [5.74, 6) is -1.04. The molecule has 3 unspecified atom stereocenters. The molecule has 6 nitrogen and oxygen atoms in total. The van der Waals surface area contributed by atoms with E-state index in [1.54, 1.807) is 12.1 Å². The van der Waals surface area contributed by atoms with Gasteiger partial charge < -0.3 is 5.11 Å². The monoisotopic (exact) mass is 292 g/mol. The van der Waals surface area contributed by atoms with Gasteiger partial charge in [-0.3, -0.25) is 19.8 Å². The Bertz CT molecular complexity index is 546. The van der Waals surface area contributed by atoms with Crippen LogP contribution in [-0.4, -0.2) is 34.0 Å². The van der Waals surface area contributed by atoms with Crippen molar-refractivity contribution < 1.29 is 14.8 Å². The summed E-state index contributed by atoms with van der Waals surface area (Å²) in [6, 6.07) is 6.65. The van der Waals surface area contributed by atoms with Crippen LogP contribution in [0.25, 0.3) is 0 Å². The van der Waals surface area contributed by atoms with Crippen molar-refractivity contribution in [1.29, 1.82) is 0 Å². The number of hydrogen-bond donors (Lipinski definition) is 1. The number of benzene rings is 1. The van der Waals surface area contributed by atoms with E-state index < -0.39 is 10.9 Å². The molecular weight excluding hydrogens is 272 g/mol. The first-order chi connectivity index (χ1) is 9.93. The van der Waals surface area contributed by atoms with Crippen molar-refractivity contribution in [2.24, 2.45) is 11.8 Å². The molecule has 1 aromatic carbocycles. The zero-order chi connectivity index (χ0) is 15.6. The van der Waals surface area contributed by atoms with Crippen LogP contribution in [0.3, 0.4) is 0 Å². The van der Waals surface area contributed by atoms with Crippen LogP contribution in [0.2, 0.25) is 0 Å². The molecule has 0 amide bonds. The summed E-state index contributed by atoms with van der Waals surface area (Å²) in [7, 11) is 0. The van der Waals surface area contributed by atoms with Crippen LogP contribution in [0.5, 0.6) is 0 Å². The first kappa shape index (κ1) is 15.4. The Morgan fingerprint density at radius 1 is 1.52 bits per heavy atom. The molecule has 21 heavy (non-hydrogen) atoms. The van der Waals surface area contributed by atoms with E-state index in [0.717, 1.165) is 12.0 Å². The van der Waals surface area contributed by atoms with E-state index in [-0.39, 0.29) is 23.6 Å². The maximum absolute atomic E-state index is 11.2. The van der Waals surface area contributed by atoms with Crippen LogP contribution in [0.1, 0.15) is 31.9 Å². The molecule has 2 rings (SSSR count). The SMILES string of the molecule is CCC(c1cccc([N+](=O)[O-])c1)N1CC(C)C(C(=O)O)C1. The molecule has 1 saturated heterocycles. The predicted octanol–water partition coefficient (Wildman–Crippen LogP) is 2.70. The smallest absolute Gasteiger partial charge is 0.308 e. The normalized spacial score (nSPS) is 23.9. The molecule has 6 heteroatoms. The second-order valence-corrected chi connectivity index (χ2v) is 5.65. The first-order valence-electron chi connectivity index (χ1n) is 7.15. The lowest BCUT2D eigenvalue weighted by Gasteiger charge is -2.27. The van der Waals surface area contributed by atoms with Crippen molar-refractivity contribution in [2.75, 3.05) is 13.1 Å². The molecule has 0 saturated carbocycles. The molecular formula is C15H20N2O4. The summed E-state index contributed by atoms with van der Waals surface area (Å²) in [6.45, 7) is 5.16. The van der Waals surface area contributed by atoms with Crippen molar-refractivity contribution in [2.45, 2.75) is 26.3 Å². The molecule has 1 aliphatic rings. The summed E-state index contributed by atoms with van der Waals surface area (Å²) in [5.41, 5.74) is 0.956. The lowest BCUT2D eigenvalue weighted by molar-refractivity contribution is -0.385. The van der Waals surface area contributed by atoms with E-state index in [2.05, 4.69) is 4.90 Å². The van der Waals surface area contributed by atoms with Crippen molar-refractivity contribution in [1.82, 2.24) is 4.90 Å². The standard InChI is InChI=1S/C15H20N2O4/c1-3-14(11-5-4-6-12(7-11)17(20)21)16-8-10(2)13(9-16)15(18)19/h4-7,10,13-14H,3,8-9H2,1-2H3,(H,18,19). The number of likely N-dealkylation sites (tertiary alicyclic amines) is 1. The fourth-order valence-corrected chi connectivity index (χ4v) is 3.13. The third-order valence-corrected chi connectivity index (χ3v) is 4.25. The molecule has 0 aromatic heterocycles. The number of nitro benzene ring substituents is 1. The number of hydrogen-bond acceptors (Lipinski definition) is 4. The van der Waals surface area contributed by atoms with Crippen molar-refractivity contribution in [3.63, 3.8) is 0 Å². The van der Waals surface area contributed by atoms with Gasteiger partial charge in [0.2, 0.25) is 0 Å².